The minimum absolute atomic E-state index is 0.0356. The summed E-state index contributed by atoms with van der Waals surface area (Å²) in [5.74, 6) is 2.56. The van der Waals surface area contributed by atoms with Gasteiger partial charge in [-0.2, -0.15) is 0 Å². The van der Waals surface area contributed by atoms with Gasteiger partial charge in [-0.05, 0) is 98.7 Å². The largest absolute Gasteiger partial charge is 0.394 e. The van der Waals surface area contributed by atoms with Gasteiger partial charge in [0.15, 0.2) is 24.7 Å². The number of ether oxygens (including phenoxy) is 8. The van der Waals surface area contributed by atoms with E-state index in [0.717, 1.165) is 51.6 Å². The maximum absolute atomic E-state index is 11.6. The number of aliphatic hydroxyl groups is 9. The molecule has 9 N–H and O–H groups in total. The summed E-state index contributed by atoms with van der Waals surface area (Å²) in [6, 6.07) is 0. The van der Waals surface area contributed by atoms with Crippen LogP contribution in [0.4, 0.5) is 0 Å². The van der Waals surface area contributed by atoms with E-state index in [9.17, 15) is 46.0 Å². The summed E-state index contributed by atoms with van der Waals surface area (Å²) < 4.78 is 49.5. The van der Waals surface area contributed by atoms with Gasteiger partial charge < -0.3 is 83.9 Å². The van der Waals surface area contributed by atoms with Crippen LogP contribution in [0.5, 0.6) is 0 Å². The van der Waals surface area contributed by atoms with E-state index in [0.29, 0.717) is 48.3 Å². The lowest BCUT2D eigenvalue weighted by Crippen LogP contribution is -2.65. The molecule has 0 aromatic heterocycles. The second-order valence-corrected chi connectivity index (χ2v) is 21.1. The third-order valence-corrected chi connectivity index (χ3v) is 17.7. The molecule has 9 aliphatic rings. The van der Waals surface area contributed by atoms with E-state index in [2.05, 4.69) is 33.8 Å². The fourth-order valence-electron chi connectivity index (χ4n) is 13.9. The van der Waals surface area contributed by atoms with Crippen molar-refractivity contribution in [2.75, 3.05) is 19.8 Å². The van der Waals surface area contributed by atoms with E-state index in [-0.39, 0.29) is 23.0 Å². The number of fused-ring (bicyclic) bond motifs is 7. The molecule has 0 radical (unpaired) electrons. The third kappa shape index (κ3) is 7.58. The quantitative estimate of drug-likeness (QED) is 0.148. The van der Waals surface area contributed by atoms with Crippen molar-refractivity contribution < 1.29 is 83.9 Å². The first-order valence-electron chi connectivity index (χ1n) is 23.4. The Balaban J connectivity index is 0.903. The standard InChI is InChI=1S/C45H72O17/c1-19-8-13-45(56-17-19)20(2)30-27(62-45)15-26-24-7-6-22-14-23(9-11-43(22,4)25(24)10-12-44(26,30)5)58-42-39(61-41-38(54)34(50)31(47)21(3)57-41)36(52)33(49)29(60-42)18-55-40-37(53)35(51)32(48)28(16-46)59-40/h6,19-21,23-42,46-54H,7-18H2,1-5H3. The number of hydrogen-bond acceptors (Lipinski definition) is 17. The van der Waals surface area contributed by atoms with Crippen LogP contribution >= 0.6 is 0 Å². The summed E-state index contributed by atoms with van der Waals surface area (Å²) in [5.41, 5.74) is 1.48. The topological polar surface area (TPSA) is 256 Å². The van der Waals surface area contributed by atoms with E-state index in [1.54, 1.807) is 0 Å². The molecule has 8 fully saturated rings. The van der Waals surface area contributed by atoms with Gasteiger partial charge >= 0.3 is 0 Å². The Bertz CT molecular complexity index is 1610. The fraction of sp³-hybridized carbons (Fsp3) is 0.956. The molecule has 3 saturated carbocycles. The van der Waals surface area contributed by atoms with Crippen molar-refractivity contribution in [1.82, 2.24) is 0 Å². The molecule has 0 aromatic rings. The fourth-order valence-corrected chi connectivity index (χ4v) is 13.9. The smallest absolute Gasteiger partial charge is 0.187 e. The first kappa shape index (κ1) is 46.2. The van der Waals surface area contributed by atoms with Crippen LogP contribution in [0, 0.1) is 46.3 Å². The Morgan fingerprint density at radius 3 is 2.15 bits per heavy atom. The van der Waals surface area contributed by atoms with Crippen LogP contribution in [0.25, 0.3) is 0 Å². The van der Waals surface area contributed by atoms with Crippen molar-refractivity contribution in [3.8, 4) is 0 Å². The average Bonchev–Trinajstić information content (AvgIpc) is 3.70. The Hall–Kier alpha value is -0.940. The summed E-state index contributed by atoms with van der Waals surface area (Å²) in [5, 5.41) is 95.3. The normalized spacial score (nSPS) is 57.6. The Kier molecular flexibility index (Phi) is 12.9. The van der Waals surface area contributed by atoms with Gasteiger partial charge in [0.1, 0.15) is 67.1 Å². The molecule has 354 valence electrons. The number of hydrogen-bond donors (Lipinski definition) is 9. The molecular formula is C45H72O17. The van der Waals surface area contributed by atoms with Gasteiger partial charge in [-0.25, -0.2) is 0 Å². The van der Waals surface area contributed by atoms with E-state index in [4.69, 9.17) is 37.9 Å². The molecule has 62 heavy (non-hydrogen) atoms. The van der Waals surface area contributed by atoms with Crippen LogP contribution < -0.4 is 0 Å². The Labute approximate surface area is 363 Å². The van der Waals surface area contributed by atoms with Crippen LogP contribution in [0.15, 0.2) is 11.6 Å². The zero-order chi connectivity index (χ0) is 44.2. The second kappa shape index (κ2) is 17.3. The zero-order valence-electron chi connectivity index (χ0n) is 36.6. The SMILES string of the molecule is CC1CCC2(OC1)OC1CC3C4CC=C5CC(OC6OC(COC7OC(CO)C(O)C(O)C7O)C(O)C(O)C6OC6OC(C)C(O)C(O)C6O)CCC5(C)C4CCC3(C)C1C2C. The monoisotopic (exact) mass is 884 g/mol. The lowest BCUT2D eigenvalue weighted by molar-refractivity contribution is -0.375. The zero-order valence-corrected chi connectivity index (χ0v) is 36.6. The summed E-state index contributed by atoms with van der Waals surface area (Å²) in [6.45, 7) is 10.7. The average molecular weight is 885 g/mol. The van der Waals surface area contributed by atoms with Crippen LogP contribution in [-0.2, 0) is 37.9 Å². The summed E-state index contributed by atoms with van der Waals surface area (Å²) in [4.78, 5) is 0. The van der Waals surface area contributed by atoms with Crippen molar-refractivity contribution in [3.63, 3.8) is 0 Å². The van der Waals surface area contributed by atoms with Crippen LogP contribution in [0.3, 0.4) is 0 Å². The summed E-state index contributed by atoms with van der Waals surface area (Å²) in [6.07, 6.45) is -11.5. The molecule has 17 heteroatoms. The minimum atomic E-state index is -1.70. The molecule has 0 bridgehead atoms. The predicted molar refractivity (Wildman–Crippen MR) is 214 cm³/mol. The molecule has 17 nitrogen and oxygen atoms in total. The van der Waals surface area contributed by atoms with Crippen molar-refractivity contribution >= 4 is 0 Å². The molecular weight excluding hydrogens is 812 g/mol. The van der Waals surface area contributed by atoms with Gasteiger partial charge in [0, 0.05) is 12.3 Å². The van der Waals surface area contributed by atoms with Gasteiger partial charge in [-0.1, -0.05) is 39.3 Å². The lowest BCUT2D eigenvalue weighted by Gasteiger charge is -2.58. The van der Waals surface area contributed by atoms with Gasteiger partial charge in [-0.15, -0.1) is 0 Å². The molecule has 5 saturated heterocycles. The van der Waals surface area contributed by atoms with Crippen molar-refractivity contribution in [2.45, 2.75) is 203 Å². The highest BCUT2D eigenvalue weighted by Gasteiger charge is 2.69. The molecule has 5 heterocycles. The van der Waals surface area contributed by atoms with E-state index >= 15 is 0 Å². The van der Waals surface area contributed by atoms with E-state index in [1.807, 2.05) is 0 Å². The molecule has 0 aromatic carbocycles. The number of rotatable bonds is 8. The molecule has 1 spiro atoms. The van der Waals surface area contributed by atoms with Crippen LogP contribution in [0.1, 0.15) is 92.4 Å². The Morgan fingerprint density at radius 2 is 1.42 bits per heavy atom. The van der Waals surface area contributed by atoms with E-state index < -0.39 is 111 Å². The molecule has 0 amide bonds. The number of allylic oxidation sites excluding steroid dienone is 1. The first-order chi connectivity index (χ1) is 29.4. The maximum Gasteiger partial charge on any atom is 0.187 e. The predicted octanol–water partition coefficient (Wildman–Crippen LogP) is 0.214. The Morgan fingerprint density at radius 1 is 0.710 bits per heavy atom. The highest BCUT2D eigenvalue weighted by molar-refractivity contribution is 5.26. The van der Waals surface area contributed by atoms with Gasteiger partial charge in [0.05, 0.1) is 38.1 Å². The van der Waals surface area contributed by atoms with Crippen molar-refractivity contribution in [3.05, 3.63) is 11.6 Å². The van der Waals surface area contributed by atoms with Crippen molar-refractivity contribution in [2.24, 2.45) is 46.3 Å². The van der Waals surface area contributed by atoms with E-state index in [1.165, 1.54) is 12.5 Å². The molecule has 4 aliphatic carbocycles. The summed E-state index contributed by atoms with van der Waals surface area (Å²) >= 11 is 0. The third-order valence-electron chi connectivity index (χ3n) is 17.7. The molecule has 26 unspecified atom stereocenters. The number of aliphatic hydroxyl groups excluding tert-OH is 9. The molecule has 26 atom stereocenters. The van der Waals surface area contributed by atoms with Crippen LogP contribution in [0.2, 0.25) is 0 Å². The van der Waals surface area contributed by atoms with Gasteiger partial charge in [-0.3, -0.25) is 0 Å². The molecule has 9 rings (SSSR count). The first-order valence-corrected chi connectivity index (χ1v) is 23.4. The van der Waals surface area contributed by atoms with Gasteiger partial charge in [0.2, 0.25) is 0 Å². The highest BCUT2D eigenvalue weighted by Crippen LogP contribution is 2.70. The lowest BCUT2D eigenvalue weighted by atomic mass is 9.47. The summed E-state index contributed by atoms with van der Waals surface area (Å²) in [7, 11) is 0. The van der Waals surface area contributed by atoms with Crippen molar-refractivity contribution in [1.29, 1.82) is 0 Å². The molecule has 5 aliphatic heterocycles. The highest BCUT2D eigenvalue weighted by atomic mass is 16.8. The van der Waals surface area contributed by atoms with Crippen LogP contribution in [-0.4, -0.2) is 176 Å². The second-order valence-electron chi connectivity index (χ2n) is 21.1. The van der Waals surface area contributed by atoms with Gasteiger partial charge in [0.25, 0.3) is 0 Å². The maximum atomic E-state index is 11.6. The minimum Gasteiger partial charge on any atom is -0.394 e.